The van der Waals surface area contributed by atoms with Gasteiger partial charge in [-0.15, -0.1) is 12.3 Å². The van der Waals surface area contributed by atoms with Gasteiger partial charge < -0.3 is 29.5 Å². The third-order valence-corrected chi connectivity index (χ3v) is 10.6. The van der Waals surface area contributed by atoms with Crippen molar-refractivity contribution in [1.82, 2.24) is 20.0 Å². The second-order valence-electron chi connectivity index (χ2n) is 14.9. The van der Waals surface area contributed by atoms with E-state index in [-0.39, 0.29) is 24.3 Å². The maximum absolute atomic E-state index is 14.2. The summed E-state index contributed by atoms with van der Waals surface area (Å²) in [6.07, 6.45) is 6.60. The summed E-state index contributed by atoms with van der Waals surface area (Å²) in [6.45, 7) is 16.5. The monoisotopic (exact) mass is 702 g/mol. The molecule has 9 atom stereocenters. The van der Waals surface area contributed by atoms with Crippen LogP contribution in [0, 0.1) is 41.9 Å². The predicted molar refractivity (Wildman–Crippen MR) is 190 cm³/mol. The van der Waals surface area contributed by atoms with Gasteiger partial charge in [0.15, 0.2) is 6.10 Å². The van der Waals surface area contributed by atoms with E-state index in [1.54, 1.807) is 41.7 Å². The van der Waals surface area contributed by atoms with Crippen LogP contribution in [0.25, 0.3) is 0 Å². The highest BCUT2D eigenvalue weighted by atomic mass is 16.6. The number of carbonyl (C=O) groups excluding carboxylic acids is 6. The summed E-state index contributed by atoms with van der Waals surface area (Å²) < 4.78 is 12.1. The van der Waals surface area contributed by atoms with Gasteiger partial charge in [-0.05, 0) is 49.9 Å². The van der Waals surface area contributed by atoms with Crippen molar-refractivity contribution in [3.63, 3.8) is 0 Å². The van der Waals surface area contributed by atoms with Gasteiger partial charge >= 0.3 is 11.9 Å². The molecule has 0 spiro atoms. The molecule has 0 radical (unpaired) electrons. The number of esters is 2. The molecule has 0 aliphatic carbocycles. The second kappa shape index (κ2) is 19.1. The van der Waals surface area contributed by atoms with Crippen molar-refractivity contribution in [3.8, 4) is 12.3 Å². The molecule has 2 aliphatic heterocycles. The maximum atomic E-state index is 14.2. The molecule has 0 bridgehead atoms. The normalized spacial score (nSPS) is 29.4. The Hall–Kier alpha value is -3.62. The number of likely N-dealkylation sites (N-methyl/N-ethyl adjacent to an activating group) is 2. The smallest absolute Gasteiger partial charge is 0.329 e. The zero-order chi connectivity index (χ0) is 38.0. The topological polar surface area (TPSA) is 143 Å². The molecule has 12 heteroatoms. The summed E-state index contributed by atoms with van der Waals surface area (Å²) in [4.78, 5) is 88.5. The van der Waals surface area contributed by atoms with E-state index < -0.39 is 83.8 Å². The van der Waals surface area contributed by atoms with Gasteiger partial charge in [-0.25, -0.2) is 9.59 Å². The quantitative estimate of drug-likeness (QED) is 0.217. The maximum Gasteiger partial charge on any atom is 0.329 e. The lowest BCUT2D eigenvalue weighted by Gasteiger charge is -2.37. The number of nitrogens with one attached hydrogen (secondary N) is 1. The highest BCUT2D eigenvalue weighted by Gasteiger charge is 2.46. The van der Waals surface area contributed by atoms with Gasteiger partial charge in [0.2, 0.25) is 17.7 Å². The van der Waals surface area contributed by atoms with Gasteiger partial charge in [-0.1, -0.05) is 68.7 Å². The first-order chi connectivity index (χ1) is 23.4. The molecule has 0 aromatic carbocycles. The van der Waals surface area contributed by atoms with Crippen molar-refractivity contribution < 1.29 is 38.2 Å². The molecule has 2 aliphatic rings. The van der Waals surface area contributed by atoms with Crippen LogP contribution in [0.5, 0.6) is 0 Å². The Kier molecular flexibility index (Phi) is 16.3. The number of ether oxygens (including phenoxy) is 2. The lowest BCUT2D eigenvalue weighted by atomic mass is 9.94. The fourth-order valence-electron chi connectivity index (χ4n) is 6.87. The van der Waals surface area contributed by atoms with Gasteiger partial charge in [0, 0.05) is 33.0 Å². The van der Waals surface area contributed by atoms with E-state index in [4.69, 9.17) is 15.9 Å². The summed E-state index contributed by atoms with van der Waals surface area (Å²) >= 11 is 0. The molecule has 282 valence electrons. The molecule has 2 rings (SSSR count). The number of amides is 4. The third-order valence-electron chi connectivity index (χ3n) is 10.6. The lowest BCUT2D eigenvalue weighted by Crippen LogP contribution is -2.58. The molecular formula is C38H62N4O8. The van der Waals surface area contributed by atoms with Crippen LogP contribution in [0.3, 0.4) is 0 Å². The number of hydrogen-bond donors (Lipinski definition) is 1. The van der Waals surface area contributed by atoms with Gasteiger partial charge in [0.1, 0.15) is 30.3 Å². The molecular weight excluding hydrogens is 640 g/mol. The second-order valence-corrected chi connectivity index (χ2v) is 14.9. The van der Waals surface area contributed by atoms with Crippen LogP contribution < -0.4 is 5.32 Å². The van der Waals surface area contributed by atoms with Gasteiger partial charge in [0.25, 0.3) is 5.91 Å². The van der Waals surface area contributed by atoms with Crippen molar-refractivity contribution in [2.75, 3.05) is 20.6 Å². The van der Waals surface area contributed by atoms with Crippen LogP contribution in [0.4, 0.5) is 0 Å². The Labute approximate surface area is 299 Å². The first-order valence-corrected chi connectivity index (χ1v) is 18.4. The zero-order valence-electron chi connectivity index (χ0n) is 32.2. The molecule has 2 saturated heterocycles. The van der Waals surface area contributed by atoms with Gasteiger partial charge in [-0.2, -0.15) is 0 Å². The number of unbranched alkanes of at least 4 members (excludes halogenated alkanes) is 1. The molecule has 4 amide bonds. The average Bonchev–Trinajstić information content (AvgIpc) is 3.56. The number of fused-ring (bicyclic) bond motifs is 1. The van der Waals surface area contributed by atoms with E-state index in [2.05, 4.69) is 11.2 Å². The molecule has 2 heterocycles. The van der Waals surface area contributed by atoms with Crippen LogP contribution in [-0.4, -0.2) is 107 Å². The van der Waals surface area contributed by atoms with Crippen molar-refractivity contribution >= 4 is 35.6 Å². The number of cyclic esters (lactones) is 2. The Morgan fingerprint density at radius 2 is 1.40 bits per heavy atom. The van der Waals surface area contributed by atoms with E-state index in [1.807, 2.05) is 27.7 Å². The molecule has 50 heavy (non-hydrogen) atoms. The van der Waals surface area contributed by atoms with E-state index in [0.29, 0.717) is 44.9 Å². The largest absolute Gasteiger partial charge is 0.460 e. The summed E-state index contributed by atoms with van der Waals surface area (Å²) in [6, 6.07) is -3.93. The third kappa shape index (κ3) is 10.0. The van der Waals surface area contributed by atoms with Crippen molar-refractivity contribution in [3.05, 3.63) is 0 Å². The van der Waals surface area contributed by atoms with Crippen LogP contribution in [0.15, 0.2) is 0 Å². The minimum Gasteiger partial charge on any atom is -0.460 e. The van der Waals surface area contributed by atoms with Gasteiger partial charge in [0.05, 0.1) is 5.92 Å². The number of nitrogens with zero attached hydrogens (tertiary/aromatic N) is 3. The Balaban J connectivity index is 2.76. The average molecular weight is 703 g/mol. The Morgan fingerprint density at radius 1 is 0.820 bits per heavy atom. The van der Waals surface area contributed by atoms with Crippen LogP contribution >= 0.6 is 0 Å². The van der Waals surface area contributed by atoms with Crippen molar-refractivity contribution in [1.29, 1.82) is 0 Å². The van der Waals surface area contributed by atoms with E-state index in [9.17, 15) is 28.8 Å². The van der Waals surface area contributed by atoms with Gasteiger partial charge in [-0.3, -0.25) is 19.2 Å². The SMILES string of the molecule is C#CCCC[C@@H]1OC(=O)[C@@H]([C@@H](C)CC)N(C)C(=O)[C@@H]2CCCN2C(=O)[C@@H]([C@H](C)CC)OC(=O)[C@@H](C(C)C)N(C)C(=O)[C@@H](C(C)C)NC(=O)[C@H]1C. The molecule has 0 unspecified atom stereocenters. The van der Waals surface area contributed by atoms with E-state index in [1.165, 1.54) is 21.7 Å². The molecule has 1 N–H and O–H groups in total. The van der Waals surface area contributed by atoms with Crippen LogP contribution in [-0.2, 0) is 38.2 Å². The highest BCUT2D eigenvalue weighted by molar-refractivity contribution is 5.95. The molecule has 12 nitrogen and oxygen atoms in total. The zero-order valence-corrected chi connectivity index (χ0v) is 32.2. The van der Waals surface area contributed by atoms with Crippen LogP contribution in [0.2, 0.25) is 0 Å². The van der Waals surface area contributed by atoms with E-state index >= 15 is 0 Å². The van der Waals surface area contributed by atoms with Crippen LogP contribution in [0.1, 0.15) is 107 Å². The Bertz CT molecular complexity index is 1260. The minimum absolute atomic E-state index is 0.288. The van der Waals surface area contributed by atoms with Crippen molar-refractivity contribution in [2.45, 2.75) is 144 Å². The molecule has 0 aromatic heterocycles. The fourth-order valence-corrected chi connectivity index (χ4v) is 6.87. The molecule has 0 saturated carbocycles. The predicted octanol–water partition coefficient (Wildman–Crippen LogP) is 3.80. The highest BCUT2D eigenvalue weighted by Crippen LogP contribution is 2.28. The minimum atomic E-state index is -1.20. The number of hydrogen-bond acceptors (Lipinski definition) is 8. The first-order valence-electron chi connectivity index (χ1n) is 18.4. The summed E-state index contributed by atoms with van der Waals surface area (Å²) in [5, 5.41) is 2.86. The fraction of sp³-hybridized carbons (Fsp3) is 0.789. The van der Waals surface area contributed by atoms with E-state index in [0.717, 1.165) is 0 Å². The lowest BCUT2D eigenvalue weighted by molar-refractivity contribution is -0.172. The number of terminal acetylenes is 1. The number of carbonyl (C=O) groups is 6. The standard InChI is InChI=1S/C38H62N4O8/c1-13-16-17-20-28-26(10)33(43)39-29(22(4)5)35(45)40(11)30(23(6)7)37(47)50-32(25(9)15-3)36(46)42-21-18-19-27(42)34(44)41(12)31(24(8)14-2)38(48)49-28/h1,22-32H,14-21H2,2-12H3,(H,39,43)/t24-,25+,26-,27-,28-,29+,30+,31+,32+/m0/s1. The molecule has 2 fully saturated rings. The summed E-state index contributed by atoms with van der Waals surface area (Å²) in [5.41, 5.74) is 0. The molecule has 0 aromatic rings. The Morgan fingerprint density at radius 3 is 1.94 bits per heavy atom. The number of rotatable bonds is 9. The first kappa shape index (κ1) is 42.5. The summed E-state index contributed by atoms with van der Waals surface area (Å²) in [7, 11) is 3.04. The summed E-state index contributed by atoms with van der Waals surface area (Å²) in [5.74, 6) is -3.04. The van der Waals surface area contributed by atoms with Crippen molar-refractivity contribution in [2.24, 2.45) is 29.6 Å².